The fourth-order valence-electron chi connectivity index (χ4n) is 3.17. The summed E-state index contributed by atoms with van der Waals surface area (Å²) in [7, 11) is 7.12. The highest BCUT2D eigenvalue weighted by molar-refractivity contribution is 5.93. The van der Waals surface area contributed by atoms with Crippen molar-refractivity contribution in [3.63, 3.8) is 0 Å². The molecule has 1 aromatic heterocycles. The third-order valence-corrected chi connectivity index (χ3v) is 4.95. The third kappa shape index (κ3) is 4.80. The van der Waals surface area contributed by atoms with Gasteiger partial charge in [-0.1, -0.05) is 41.1 Å². The van der Waals surface area contributed by atoms with Crippen LogP contribution in [-0.2, 0) is 0 Å². The molecule has 0 saturated heterocycles. The molecule has 0 bridgehead atoms. The molecular weight excluding hydrogens is 382 g/mol. The van der Waals surface area contributed by atoms with E-state index in [1.54, 1.807) is 20.3 Å². The largest absolute Gasteiger partial charge is 0.493 e. The van der Waals surface area contributed by atoms with Gasteiger partial charge in [0.05, 0.1) is 20.3 Å². The number of nitrogens with zero attached hydrogens (tertiary/aromatic N) is 2. The maximum Gasteiger partial charge on any atom is 0.273 e. The van der Waals surface area contributed by atoms with Crippen LogP contribution in [-0.4, -0.2) is 50.8 Å². The fraction of sp³-hybridized carbons (Fsp3) is 0.304. The van der Waals surface area contributed by atoms with Gasteiger partial charge in [-0.15, -0.1) is 0 Å². The highest BCUT2D eigenvalue weighted by Crippen LogP contribution is 2.31. The Balaban J connectivity index is 1.71. The number of rotatable bonds is 8. The maximum absolute atomic E-state index is 12.6. The summed E-state index contributed by atoms with van der Waals surface area (Å²) in [6.07, 6.45) is 0. The normalized spacial score (nSPS) is 11.9. The number of carbonyl (C=O) groups excluding carboxylic acids is 1. The van der Waals surface area contributed by atoms with E-state index in [-0.39, 0.29) is 17.6 Å². The Morgan fingerprint density at radius 3 is 2.40 bits per heavy atom. The van der Waals surface area contributed by atoms with Gasteiger partial charge in [0.2, 0.25) is 0 Å². The molecule has 0 unspecified atom stereocenters. The van der Waals surface area contributed by atoms with E-state index in [0.717, 1.165) is 16.7 Å². The number of amides is 1. The molecule has 0 radical (unpaired) electrons. The second-order valence-electron chi connectivity index (χ2n) is 7.25. The minimum atomic E-state index is -0.288. The van der Waals surface area contributed by atoms with Crippen molar-refractivity contribution in [2.24, 2.45) is 0 Å². The third-order valence-electron chi connectivity index (χ3n) is 4.95. The number of hydrogen-bond acceptors (Lipinski definition) is 6. The zero-order chi connectivity index (χ0) is 21.7. The molecule has 1 heterocycles. The summed E-state index contributed by atoms with van der Waals surface area (Å²) in [6.45, 7) is 2.41. The summed E-state index contributed by atoms with van der Waals surface area (Å²) in [5.74, 6) is 1.58. The van der Waals surface area contributed by atoms with Crippen LogP contribution in [0.2, 0.25) is 0 Å². The zero-order valence-electron chi connectivity index (χ0n) is 17.9. The average molecular weight is 409 g/mol. The van der Waals surface area contributed by atoms with Gasteiger partial charge in [-0.2, -0.15) is 0 Å². The lowest BCUT2D eigenvalue weighted by Gasteiger charge is -2.25. The lowest BCUT2D eigenvalue weighted by molar-refractivity contribution is 0.0933. The van der Waals surface area contributed by atoms with E-state index in [1.807, 2.05) is 68.4 Å². The molecule has 1 amide bonds. The van der Waals surface area contributed by atoms with Crippen LogP contribution in [0.15, 0.2) is 53.1 Å². The van der Waals surface area contributed by atoms with Crippen LogP contribution < -0.4 is 14.8 Å². The number of aryl methyl sites for hydroxylation is 1. The van der Waals surface area contributed by atoms with Crippen LogP contribution in [0.5, 0.6) is 11.5 Å². The van der Waals surface area contributed by atoms with Crippen molar-refractivity contribution in [1.29, 1.82) is 0 Å². The number of hydrogen-bond donors (Lipinski definition) is 1. The van der Waals surface area contributed by atoms with Gasteiger partial charge < -0.3 is 24.2 Å². The molecule has 0 aliphatic carbocycles. The maximum atomic E-state index is 12.6. The Hall–Kier alpha value is -3.32. The predicted molar refractivity (Wildman–Crippen MR) is 115 cm³/mol. The summed E-state index contributed by atoms with van der Waals surface area (Å²) in [5.41, 5.74) is 3.28. The molecule has 0 fully saturated rings. The van der Waals surface area contributed by atoms with Crippen molar-refractivity contribution in [2.75, 3.05) is 34.9 Å². The molecule has 1 N–H and O–H groups in total. The van der Waals surface area contributed by atoms with Crippen LogP contribution >= 0.6 is 0 Å². The molecule has 0 aliphatic rings. The monoisotopic (exact) mass is 409 g/mol. The van der Waals surface area contributed by atoms with Crippen LogP contribution in [0.1, 0.15) is 27.7 Å². The molecule has 158 valence electrons. The minimum absolute atomic E-state index is 0.0581. The van der Waals surface area contributed by atoms with E-state index >= 15 is 0 Å². The molecule has 7 heteroatoms. The quantitative estimate of drug-likeness (QED) is 0.611. The minimum Gasteiger partial charge on any atom is -0.493 e. The van der Waals surface area contributed by atoms with E-state index in [0.29, 0.717) is 23.8 Å². The highest BCUT2D eigenvalue weighted by Gasteiger charge is 2.20. The number of carbonyl (C=O) groups is 1. The fourth-order valence-corrected chi connectivity index (χ4v) is 3.17. The molecular formula is C23H27N3O4. The van der Waals surface area contributed by atoms with Gasteiger partial charge in [0.1, 0.15) is 0 Å². The first kappa shape index (κ1) is 21.4. The van der Waals surface area contributed by atoms with Crippen LogP contribution in [0.3, 0.4) is 0 Å². The molecule has 30 heavy (non-hydrogen) atoms. The Morgan fingerprint density at radius 1 is 1.07 bits per heavy atom. The molecule has 7 nitrogen and oxygen atoms in total. The number of benzene rings is 2. The van der Waals surface area contributed by atoms with E-state index in [4.69, 9.17) is 14.0 Å². The lowest BCUT2D eigenvalue weighted by atomic mass is 10.0. The van der Waals surface area contributed by atoms with Crippen LogP contribution in [0.25, 0.3) is 11.3 Å². The topological polar surface area (TPSA) is 76.8 Å². The summed E-state index contributed by atoms with van der Waals surface area (Å²) in [6, 6.07) is 15.2. The van der Waals surface area contributed by atoms with E-state index in [1.165, 1.54) is 0 Å². The molecule has 0 spiro atoms. The molecule has 2 aromatic carbocycles. The van der Waals surface area contributed by atoms with Crippen molar-refractivity contribution >= 4 is 5.91 Å². The molecule has 3 rings (SSSR count). The van der Waals surface area contributed by atoms with Crippen molar-refractivity contribution in [3.8, 4) is 22.8 Å². The van der Waals surface area contributed by atoms with Gasteiger partial charge in [0.15, 0.2) is 23.0 Å². The molecule has 1 atom stereocenters. The van der Waals surface area contributed by atoms with Gasteiger partial charge in [0, 0.05) is 18.2 Å². The summed E-state index contributed by atoms with van der Waals surface area (Å²) < 4.78 is 16.1. The highest BCUT2D eigenvalue weighted by atomic mass is 16.5. The summed E-state index contributed by atoms with van der Waals surface area (Å²) >= 11 is 0. The summed E-state index contributed by atoms with van der Waals surface area (Å²) in [4.78, 5) is 14.7. The van der Waals surface area contributed by atoms with Crippen molar-refractivity contribution in [2.45, 2.75) is 13.0 Å². The van der Waals surface area contributed by atoms with E-state index < -0.39 is 0 Å². The number of ether oxygens (including phenoxy) is 2. The molecule has 0 aliphatic heterocycles. The first-order valence-corrected chi connectivity index (χ1v) is 9.63. The van der Waals surface area contributed by atoms with Crippen LogP contribution in [0.4, 0.5) is 0 Å². The van der Waals surface area contributed by atoms with E-state index in [2.05, 4.69) is 10.5 Å². The lowest BCUT2D eigenvalue weighted by Crippen LogP contribution is -2.34. The first-order chi connectivity index (χ1) is 14.4. The van der Waals surface area contributed by atoms with Gasteiger partial charge in [-0.05, 0) is 38.7 Å². The number of likely N-dealkylation sites (N-methyl/N-ethyl adjacent to an activating group) is 1. The summed E-state index contributed by atoms with van der Waals surface area (Å²) in [5, 5.41) is 6.87. The Labute approximate surface area is 176 Å². The first-order valence-electron chi connectivity index (χ1n) is 9.63. The van der Waals surface area contributed by atoms with Gasteiger partial charge in [-0.25, -0.2) is 0 Å². The molecule has 3 aromatic rings. The average Bonchev–Trinajstić information content (AvgIpc) is 3.24. The Kier molecular flexibility index (Phi) is 6.74. The Bertz CT molecular complexity index is 996. The van der Waals surface area contributed by atoms with Crippen LogP contribution in [0, 0.1) is 6.92 Å². The standard InChI is InChI=1S/C23H27N3O4/c1-15-6-8-16(9-7-15)21-13-18(25-30-21)23(27)24-14-19(26(2)3)17-10-11-20(28-4)22(12-17)29-5/h6-13,19H,14H2,1-5H3,(H,24,27)/t19-/m1/s1. The SMILES string of the molecule is COc1ccc([C@@H](CNC(=O)c2cc(-c3ccc(C)cc3)on2)N(C)C)cc1OC. The van der Waals surface area contributed by atoms with Crippen molar-refractivity contribution in [3.05, 3.63) is 65.4 Å². The van der Waals surface area contributed by atoms with Gasteiger partial charge >= 0.3 is 0 Å². The second-order valence-corrected chi connectivity index (χ2v) is 7.25. The number of methoxy groups -OCH3 is 2. The number of nitrogens with one attached hydrogen (secondary N) is 1. The van der Waals surface area contributed by atoms with Crippen molar-refractivity contribution < 1.29 is 18.8 Å². The van der Waals surface area contributed by atoms with Gasteiger partial charge in [-0.3, -0.25) is 4.79 Å². The molecule has 0 saturated carbocycles. The predicted octanol–water partition coefficient (Wildman–Crippen LogP) is 3.70. The number of aromatic nitrogens is 1. The van der Waals surface area contributed by atoms with E-state index in [9.17, 15) is 4.79 Å². The van der Waals surface area contributed by atoms with Crippen molar-refractivity contribution in [1.82, 2.24) is 15.4 Å². The second kappa shape index (κ2) is 9.45. The zero-order valence-corrected chi connectivity index (χ0v) is 17.9. The Morgan fingerprint density at radius 2 is 1.77 bits per heavy atom. The van der Waals surface area contributed by atoms with Gasteiger partial charge in [0.25, 0.3) is 5.91 Å². The smallest absolute Gasteiger partial charge is 0.273 e.